The zero-order valence-corrected chi connectivity index (χ0v) is 4.41. The maximum absolute atomic E-state index is 11.7. The summed E-state index contributed by atoms with van der Waals surface area (Å²) in [5.74, 6) is -1.23. The molecule has 0 saturated heterocycles. The predicted molar refractivity (Wildman–Crippen MR) is 26.2 cm³/mol. The maximum Gasteiger partial charge on any atom is 0.298 e. The van der Waals surface area contributed by atoms with E-state index in [1.165, 1.54) is 0 Å². The first-order valence-corrected chi connectivity index (χ1v) is 1.93. The molecule has 0 aliphatic rings. The van der Waals surface area contributed by atoms with Crippen molar-refractivity contribution in [3.05, 3.63) is 22.4 Å². The molecule has 0 aliphatic heterocycles. The summed E-state index contributed by atoms with van der Waals surface area (Å²) in [4.78, 5) is 2.46. The highest BCUT2D eigenvalue weighted by Gasteiger charge is 1.98. The van der Waals surface area contributed by atoms with Crippen molar-refractivity contribution in [2.75, 3.05) is 0 Å². The van der Waals surface area contributed by atoms with Gasteiger partial charge in [0.15, 0.2) is 0 Å². The molecule has 4 heteroatoms. The van der Waals surface area contributed by atoms with Gasteiger partial charge in [0.1, 0.15) is 6.07 Å². The molecule has 0 aromatic carbocycles. The fraction of sp³-hybridized carbons (Fsp3) is 0. The molecule has 0 bridgehead atoms. The molecule has 0 aromatic heterocycles. The van der Waals surface area contributed by atoms with Crippen LogP contribution in [-0.2, 0) is 0 Å². The van der Waals surface area contributed by atoms with Crippen LogP contribution in [-0.4, -0.2) is 0 Å². The van der Waals surface area contributed by atoms with E-state index in [1.807, 2.05) is 0 Å². The first kappa shape index (κ1) is 6.94. The van der Waals surface area contributed by atoms with E-state index >= 15 is 0 Å². The highest BCUT2D eigenvalue weighted by atomic mass is 35.5. The average Bonchev–Trinajstić information content (AvgIpc) is 1.84. The second kappa shape index (κ2) is 3.01. The van der Waals surface area contributed by atoms with Crippen LogP contribution < -0.4 is 0 Å². The van der Waals surface area contributed by atoms with Crippen LogP contribution in [0, 0.1) is 17.9 Å². The minimum atomic E-state index is -1.23. The van der Waals surface area contributed by atoms with Gasteiger partial charge in [0.2, 0.25) is 5.83 Å². The van der Waals surface area contributed by atoms with E-state index < -0.39 is 11.0 Å². The SMILES string of the molecule is [C-]#[N+]/C(Cl)=C(\F)C#N. The molecule has 0 rings (SSSR count). The van der Waals surface area contributed by atoms with Crippen molar-refractivity contribution in [2.45, 2.75) is 0 Å². The van der Waals surface area contributed by atoms with E-state index in [-0.39, 0.29) is 0 Å². The Morgan fingerprint density at radius 1 is 1.88 bits per heavy atom. The van der Waals surface area contributed by atoms with Crippen LogP contribution in [0.5, 0.6) is 0 Å². The van der Waals surface area contributed by atoms with E-state index in [0.717, 1.165) is 6.07 Å². The zero-order chi connectivity index (χ0) is 6.57. The van der Waals surface area contributed by atoms with Gasteiger partial charge >= 0.3 is 0 Å². The second-order valence-electron chi connectivity index (χ2n) is 0.828. The maximum atomic E-state index is 11.7. The van der Waals surface area contributed by atoms with Crippen LogP contribution in [0.3, 0.4) is 0 Å². The van der Waals surface area contributed by atoms with Crippen LogP contribution in [0.4, 0.5) is 4.39 Å². The normalized spacial score (nSPS) is 11.0. The lowest BCUT2D eigenvalue weighted by atomic mass is 10.6. The van der Waals surface area contributed by atoms with Gasteiger partial charge < -0.3 is 0 Å². The Morgan fingerprint density at radius 3 is 2.50 bits per heavy atom. The Balaban J connectivity index is 4.41. The van der Waals surface area contributed by atoms with Crippen molar-refractivity contribution < 1.29 is 4.39 Å². The number of hydrogen-bond acceptors (Lipinski definition) is 1. The van der Waals surface area contributed by atoms with Crippen LogP contribution in [0.2, 0.25) is 0 Å². The fourth-order valence-electron chi connectivity index (χ4n) is 0.0952. The molecule has 0 aliphatic carbocycles. The van der Waals surface area contributed by atoms with Crippen LogP contribution in [0.1, 0.15) is 0 Å². The first-order chi connectivity index (χ1) is 3.72. The van der Waals surface area contributed by atoms with Crippen molar-refractivity contribution >= 4 is 11.6 Å². The molecule has 0 saturated carbocycles. The Morgan fingerprint density at radius 2 is 2.38 bits per heavy atom. The standard InChI is InChI=1S/C4ClFN2/c1-8-4(5)3(6)2-7/b4-3-. The number of hydrogen-bond donors (Lipinski definition) is 0. The van der Waals surface area contributed by atoms with Gasteiger partial charge in [0.05, 0.1) is 6.57 Å². The Kier molecular flexibility index (Phi) is 2.61. The van der Waals surface area contributed by atoms with Gasteiger partial charge in [-0.1, -0.05) is 0 Å². The number of allylic oxidation sites excluding steroid dienone is 1. The molecule has 0 spiro atoms. The number of halogens is 2. The van der Waals surface area contributed by atoms with Crippen LogP contribution in [0.25, 0.3) is 4.85 Å². The summed E-state index contributed by atoms with van der Waals surface area (Å²) >= 11 is 4.84. The molecule has 0 amide bonds. The molecular weight excluding hydrogens is 131 g/mol. The summed E-state index contributed by atoms with van der Waals surface area (Å²) in [6.45, 7) is 6.09. The minimum absolute atomic E-state index is 0.715. The quantitative estimate of drug-likeness (QED) is 0.279. The summed E-state index contributed by atoms with van der Waals surface area (Å²) in [6.07, 6.45) is 0. The van der Waals surface area contributed by atoms with E-state index in [4.69, 9.17) is 23.4 Å². The lowest BCUT2D eigenvalue weighted by Crippen LogP contribution is -1.64. The largest absolute Gasteiger partial charge is 0.298 e. The van der Waals surface area contributed by atoms with Gasteiger partial charge in [-0.05, 0) is 0 Å². The zero-order valence-electron chi connectivity index (χ0n) is 3.65. The fourth-order valence-corrected chi connectivity index (χ4v) is 0.137. The van der Waals surface area contributed by atoms with Crippen molar-refractivity contribution in [1.82, 2.24) is 0 Å². The average molecular weight is 131 g/mol. The number of rotatable bonds is 0. The molecule has 0 radical (unpaired) electrons. The smallest absolute Gasteiger partial charge is 0.221 e. The molecule has 0 atom stereocenters. The predicted octanol–water partition coefficient (Wildman–Crippen LogP) is 1.81. The van der Waals surface area contributed by atoms with Crippen molar-refractivity contribution in [3.63, 3.8) is 0 Å². The van der Waals surface area contributed by atoms with Gasteiger partial charge in [0.25, 0.3) is 5.16 Å². The van der Waals surface area contributed by atoms with E-state index in [0.29, 0.717) is 0 Å². The molecule has 8 heavy (non-hydrogen) atoms. The van der Waals surface area contributed by atoms with Gasteiger partial charge in [-0.2, -0.15) is 5.26 Å². The summed E-state index contributed by atoms with van der Waals surface area (Å²) in [5.41, 5.74) is 0. The monoisotopic (exact) mass is 130 g/mol. The highest BCUT2D eigenvalue weighted by molar-refractivity contribution is 6.31. The third kappa shape index (κ3) is 1.59. The second-order valence-corrected chi connectivity index (χ2v) is 1.19. The van der Waals surface area contributed by atoms with Crippen molar-refractivity contribution in [3.8, 4) is 6.07 Å². The third-order valence-corrected chi connectivity index (χ3v) is 0.628. The van der Waals surface area contributed by atoms with Gasteiger partial charge in [-0.15, -0.1) is 11.6 Å². The molecule has 2 nitrogen and oxygen atoms in total. The molecule has 0 aromatic rings. The van der Waals surface area contributed by atoms with Gasteiger partial charge in [0, 0.05) is 0 Å². The summed E-state index contributed by atoms with van der Waals surface area (Å²) in [5, 5.41) is 7.01. The lowest BCUT2D eigenvalue weighted by molar-refractivity contribution is 0.669. The Hall–Kier alpha value is -1.06. The summed E-state index contributed by atoms with van der Waals surface area (Å²) in [7, 11) is 0. The first-order valence-electron chi connectivity index (χ1n) is 1.55. The van der Waals surface area contributed by atoms with Crippen molar-refractivity contribution in [1.29, 1.82) is 5.26 Å². The Bertz CT molecular complexity index is 173. The van der Waals surface area contributed by atoms with E-state index in [1.54, 1.807) is 0 Å². The molecule has 0 heterocycles. The van der Waals surface area contributed by atoms with Gasteiger partial charge in [-0.25, -0.2) is 9.24 Å². The third-order valence-electron chi connectivity index (χ3n) is 0.377. The summed E-state index contributed by atoms with van der Waals surface area (Å²) < 4.78 is 11.7. The molecular formula is C4ClFN2. The number of nitriles is 1. The van der Waals surface area contributed by atoms with Crippen LogP contribution in [0.15, 0.2) is 11.0 Å². The molecule has 0 fully saturated rings. The highest BCUT2D eigenvalue weighted by Crippen LogP contribution is 2.09. The van der Waals surface area contributed by atoms with E-state index in [9.17, 15) is 4.39 Å². The Labute approximate surface area is 50.6 Å². The molecule has 0 N–H and O–H groups in total. The number of nitrogens with zero attached hydrogens (tertiary/aromatic N) is 2. The van der Waals surface area contributed by atoms with Gasteiger partial charge in [-0.3, -0.25) is 0 Å². The summed E-state index contributed by atoms with van der Waals surface area (Å²) in [6, 6.07) is 1.08. The van der Waals surface area contributed by atoms with E-state index in [2.05, 4.69) is 4.85 Å². The topological polar surface area (TPSA) is 28.1 Å². The lowest BCUT2D eigenvalue weighted by Gasteiger charge is -1.75. The minimum Gasteiger partial charge on any atom is -0.221 e. The molecule has 0 unspecified atom stereocenters. The van der Waals surface area contributed by atoms with Crippen molar-refractivity contribution in [2.24, 2.45) is 0 Å². The molecule has 40 valence electrons. The van der Waals surface area contributed by atoms with Crippen LogP contribution >= 0.6 is 11.6 Å².